The summed E-state index contributed by atoms with van der Waals surface area (Å²) < 4.78 is 6.29. The molecule has 3 rings (SSSR count). The molecule has 24 heavy (non-hydrogen) atoms. The zero-order valence-electron chi connectivity index (χ0n) is 13.2. The smallest absolute Gasteiger partial charge is 0.281 e. The second kappa shape index (κ2) is 6.75. The molecule has 0 saturated carbocycles. The third-order valence-corrected chi connectivity index (χ3v) is 4.71. The fraction of sp³-hybridized carbons (Fsp3) is 0.111. The molecular formula is C18H15BrN2O2S. The van der Waals surface area contributed by atoms with Crippen LogP contribution in [-0.4, -0.2) is 30.1 Å². The van der Waals surface area contributed by atoms with Gasteiger partial charge in [0.1, 0.15) is 11.4 Å². The van der Waals surface area contributed by atoms with Gasteiger partial charge in [-0.05, 0) is 48.6 Å². The average Bonchev–Trinajstić information content (AvgIpc) is 2.79. The zero-order chi connectivity index (χ0) is 17.3. The van der Waals surface area contributed by atoms with Gasteiger partial charge in [0, 0.05) is 17.1 Å². The van der Waals surface area contributed by atoms with Crippen LogP contribution < -0.4 is 9.64 Å². The lowest BCUT2D eigenvalue weighted by Crippen LogP contribution is -2.30. The quantitative estimate of drug-likeness (QED) is 0.572. The number of carbonyl (C=O) groups is 1. The van der Waals surface area contributed by atoms with Crippen LogP contribution in [0.4, 0.5) is 5.69 Å². The van der Waals surface area contributed by atoms with Crippen molar-refractivity contribution in [2.45, 2.75) is 0 Å². The number of rotatable bonds is 3. The van der Waals surface area contributed by atoms with Gasteiger partial charge >= 0.3 is 0 Å². The molecule has 1 heterocycles. The Morgan fingerprint density at radius 1 is 1.17 bits per heavy atom. The summed E-state index contributed by atoms with van der Waals surface area (Å²) in [6, 6.07) is 15.0. The number of ether oxygens (including phenoxy) is 1. The molecule has 0 aliphatic carbocycles. The summed E-state index contributed by atoms with van der Waals surface area (Å²) in [6.07, 6.45) is 1.79. The minimum atomic E-state index is -0.157. The molecule has 1 saturated heterocycles. The molecule has 0 N–H and O–H groups in total. The molecule has 6 heteroatoms. The molecule has 1 fully saturated rings. The molecule has 1 amide bonds. The summed E-state index contributed by atoms with van der Waals surface area (Å²) in [5, 5.41) is 0.450. The molecule has 1 aliphatic rings. The normalized spacial score (nSPS) is 16.2. The van der Waals surface area contributed by atoms with E-state index in [4.69, 9.17) is 17.0 Å². The number of para-hydroxylation sites is 1. The molecule has 2 aromatic carbocycles. The summed E-state index contributed by atoms with van der Waals surface area (Å²) >= 11 is 8.90. The topological polar surface area (TPSA) is 32.8 Å². The van der Waals surface area contributed by atoms with Crippen molar-refractivity contribution in [3.8, 4) is 5.75 Å². The standard InChI is InChI=1S/C18H15BrN2O2S/c1-20-15(11-12-10-13(19)8-9-16(12)23-2)17(22)21(18(20)24)14-6-4-3-5-7-14/h3-11H,1-2H3/b15-11-. The number of amides is 1. The second-order valence-corrected chi connectivity index (χ2v) is 6.51. The molecule has 0 aromatic heterocycles. The number of hydrogen-bond donors (Lipinski definition) is 0. The number of anilines is 1. The average molecular weight is 403 g/mol. The Hall–Kier alpha value is -2.18. The summed E-state index contributed by atoms with van der Waals surface area (Å²) in [6.45, 7) is 0. The Balaban J connectivity index is 2.05. The highest BCUT2D eigenvalue weighted by molar-refractivity contribution is 9.10. The fourth-order valence-electron chi connectivity index (χ4n) is 2.53. The maximum absolute atomic E-state index is 12.9. The van der Waals surface area contributed by atoms with Crippen LogP contribution >= 0.6 is 28.1 Å². The first kappa shape index (κ1) is 16.7. The molecule has 2 aromatic rings. The van der Waals surface area contributed by atoms with E-state index in [1.54, 1.807) is 25.1 Å². The largest absolute Gasteiger partial charge is 0.496 e. The minimum absolute atomic E-state index is 0.157. The maximum atomic E-state index is 12.9. The number of methoxy groups -OCH3 is 1. The highest BCUT2D eigenvalue weighted by Gasteiger charge is 2.36. The van der Waals surface area contributed by atoms with E-state index < -0.39 is 0 Å². The van der Waals surface area contributed by atoms with Gasteiger partial charge in [0.05, 0.1) is 12.8 Å². The van der Waals surface area contributed by atoms with Gasteiger partial charge in [0.15, 0.2) is 5.11 Å². The maximum Gasteiger partial charge on any atom is 0.281 e. The van der Waals surface area contributed by atoms with Gasteiger partial charge in [-0.15, -0.1) is 0 Å². The Labute approximate surface area is 154 Å². The van der Waals surface area contributed by atoms with Crippen LogP contribution in [-0.2, 0) is 4.79 Å². The predicted molar refractivity (Wildman–Crippen MR) is 103 cm³/mol. The lowest BCUT2D eigenvalue weighted by atomic mass is 10.1. The molecule has 4 nitrogen and oxygen atoms in total. The summed E-state index contributed by atoms with van der Waals surface area (Å²) in [4.78, 5) is 16.1. The van der Waals surface area contributed by atoms with Gasteiger partial charge in [0.25, 0.3) is 5.91 Å². The first-order chi connectivity index (χ1) is 11.5. The Kier molecular flexibility index (Phi) is 4.69. The Bertz CT molecular complexity index is 836. The molecule has 0 atom stereocenters. The second-order valence-electron chi connectivity index (χ2n) is 5.23. The van der Waals surface area contributed by atoms with Gasteiger partial charge < -0.3 is 9.64 Å². The zero-order valence-corrected chi connectivity index (χ0v) is 15.6. The van der Waals surface area contributed by atoms with Gasteiger partial charge in [-0.25, -0.2) is 0 Å². The highest BCUT2D eigenvalue weighted by Crippen LogP contribution is 2.31. The lowest BCUT2D eigenvalue weighted by Gasteiger charge is -2.16. The number of hydrogen-bond acceptors (Lipinski definition) is 3. The van der Waals surface area contributed by atoms with Crippen molar-refractivity contribution in [1.29, 1.82) is 0 Å². The number of thiocarbonyl (C=S) groups is 1. The van der Waals surface area contributed by atoms with E-state index in [1.807, 2.05) is 48.5 Å². The van der Waals surface area contributed by atoms with Crippen molar-refractivity contribution in [1.82, 2.24) is 4.90 Å². The number of halogens is 1. The van der Waals surface area contributed by atoms with E-state index >= 15 is 0 Å². The number of nitrogens with zero attached hydrogens (tertiary/aromatic N) is 2. The van der Waals surface area contributed by atoms with Crippen molar-refractivity contribution in [3.05, 3.63) is 64.3 Å². The van der Waals surface area contributed by atoms with Crippen LogP contribution in [0.2, 0.25) is 0 Å². The summed E-state index contributed by atoms with van der Waals surface area (Å²) in [7, 11) is 3.39. The van der Waals surface area contributed by atoms with E-state index in [0.29, 0.717) is 16.6 Å². The van der Waals surface area contributed by atoms with Crippen LogP contribution in [0.15, 0.2) is 58.7 Å². The van der Waals surface area contributed by atoms with Crippen LogP contribution in [0.25, 0.3) is 6.08 Å². The summed E-state index contributed by atoms with van der Waals surface area (Å²) in [5.41, 5.74) is 2.06. The number of likely N-dealkylation sites (N-methyl/N-ethyl adjacent to an activating group) is 1. The third-order valence-electron chi connectivity index (χ3n) is 3.76. The van der Waals surface area contributed by atoms with Gasteiger partial charge in [-0.3, -0.25) is 9.69 Å². The Morgan fingerprint density at radius 3 is 2.54 bits per heavy atom. The summed E-state index contributed by atoms with van der Waals surface area (Å²) in [5.74, 6) is 0.534. The molecule has 0 bridgehead atoms. The monoisotopic (exact) mass is 402 g/mol. The molecule has 1 aliphatic heterocycles. The van der Waals surface area contributed by atoms with E-state index in [0.717, 1.165) is 15.7 Å². The third kappa shape index (κ3) is 2.95. The minimum Gasteiger partial charge on any atom is -0.496 e. The van der Waals surface area contributed by atoms with Crippen molar-refractivity contribution in [2.75, 3.05) is 19.1 Å². The Morgan fingerprint density at radius 2 is 1.88 bits per heavy atom. The van der Waals surface area contributed by atoms with Crippen molar-refractivity contribution < 1.29 is 9.53 Å². The van der Waals surface area contributed by atoms with E-state index in [-0.39, 0.29) is 5.91 Å². The molecule has 0 spiro atoms. The van der Waals surface area contributed by atoms with Crippen LogP contribution in [0.5, 0.6) is 5.75 Å². The number of benzene rings is 2. The first-order valence-corrected chi connectivity index (χ1v) is 8.45. The van der Waals surface area contributed by atoms with Crippen molar-refractivity contribution in [2.24, 2.45) is 0 Å². The molecular weight excluding hydrogens is 388 g/mol. The number of carbonyl (C=O) groups excluding carboxylic acids is 1. The van der Waals surface area contributed by atoms with Crippen LogP contribution in [0.1, 0.15) is 5.56 Å². The molecule has 0 unspecified atom stereocenters. The van der Waals surface area contributed by atoms with Crippen molar-refractivity contribution in [3.63, 3.8) is 0 Å². The van der Waals surface area contributed by atoms with Gasteiger partial charge in [0.2, 0.25) is 0 Å². The lowest BCUT2D eigenvalue weighted by molar-refractivity contribution is -0.114. The predicted octanol–water partition coefficient (Wildman–Crippen LogP) is 4.06. The van der Waals surface area contributed by atoms with Crippen LogP contribution in [0.3, 0.4) is 0 Å². The van der Waals surface area contributed by atoms with Gasteiger partial charge in [-0.2, -0.15) is 0 Å². The van der Waals surface area contributed by atoms with Crippen molar-refractivity contribution >= 4 is 50.9 Å². The highest BCUT2D eigenvalue weighted by atomic mass is 79.9. The molecule has 122 valence electrons. The first-order valence-electron chi connectivity index (χ1n) is 7.25. The molecule has 0 radical (unpaired) electrons. The van der Waals surface area contributed by atoms with Gasteiger partial charge in [-0.1, -0.05) is 34.1 Å². The SMILES string of the molecule is COc1ccc(Br)cc1/C=C1/C(=O)N(c2ccccc2)C(=S)N1C. The van der Waals surface area contributed by atoms with E-state index in [1.165, 1.54) is 4.90 Å². The fourth-order valence-corrected chi connectivity index (χ4v) is 3.19. The van der Waals surface area contributed by atoms with Crippen LogP contribution in [0, 0.1) is 0 Å². The van der Waals surface area contributed by atoms with E-state index in [2.05, 4.69) is 15.9 Å². The van der Waals surface area contributed by atoms with E-state index in [9.17, 15) is 4.79 Å².